The molecule has 0 rings (SSSR count). The summed E-state index contributed by atoms with van der Waals surface area (Å²) in [5.41, 5.74) is 0. The van der Waals surface area contributed by atoms with Crippen molar-refractivity contribution in [3.8, 4) is 0 Å². The van der Waals surface area contributed by atoms with Crippen LogP contribution in [0.25, 0.3) is 0 Å². The molecule has 7 heteroatoms. The molecule has 0 radical (unpaired) electrons. The number of nitrogens with one attached hydrogen (secondary N) is 1. The normalized spacial score (nSPS) is 13.0. The summed E-state index contributed by atoms with van der Waals surface area (Å²) in [5.74, 6) is 0.908. The third kappa shape index (κ3) is 8.49. The average molecular weight is 250 g/mol. The van der Waals surface area contributed by atoms with E-state index in [1.165, 1.54) is 0 Å². The number of rotatable bonds is 5. The zero-order valence-electron chi connectivity index (χ0n) is 10.4. The van der Waals surface area contributed by atoms with Crippen LogP contribution >= 0.6 is 0 Å². The Morgan fingerprint density at radius 1 is 1.44 bits per heavy atom. The van der Waals surface area contributed by atoms with E-state index < -0.39 is 10.2 Å². The topological polar surface area (TPSA) is 87.8 Å². The Kier molecular flexibility index (Phi) is 6.35. The number of hydrogen-bond acceptors (Lipinski definition) is 2. The van der Waals surface area contributed by atoms with E-state index in [9.17, 15) is 8.42 Å². The van der Waals surface area contributed by atoms with Gasteiger partial charge in [0.1, 0.15) is 0 Å². The number of nitrogens with zero attached hydrogens (tertiary/aromatic N) is 2. The minimum Gasteiger partial charge on any atom is -0.355 e. The molecular formula is C9H22N4O2S. The van der Waals surface area contributed by atoms with E-state index >= 15 is 0 Å². The lowest BCUT2D eigenvalue weighted by Crippen LogP contribution is -2.38. The average Bonchev–Trinajstić information content (AvgIpc) is 2.07. The molecular weight excluding hydrogens is 228 g/mol. The standard InChI is InChI=1S/C9H22N4O2S/c1-8(2)6-5-7-11-9(13(3)4)12-16(10,14)15/h8H,5-7H2,1-4H3,(H,11,12)(H2,10,14,15). The minimum atomic E-state index is -3.84. The van der Waals surface area contributed by atoms with E-state index in [1.54, 1.807) is 19.0 Å². The molecule has 0 aliphatic rings. The number of guanidine groups is 1. The Hall–Kier alpha value is -0.820. The van der Waals surface area contributed by atoms with Crippen LogP contribution < -0.4 is 10.5 Å². The van der Waals surface area contributed by atoms with Gasteiger partial charge in [-0.25, -0.2) is 5.14 Å². The maximum absolute atomic E-state index is 10.8. The molecule has 3 N–H and O–H groups in total. The molecule has 0 bridgehead atoms. The highest BCUT2D eigenvalue weighted by atomic mass is 32.2. The van der Waals surface area contributed by atoms with E-state index in [2.05, 4.69) is 23.6 Å². The van der Waals surface area contributed by atoms with Crippen molar-refractivity contribution in [2.75, 3.05) is 20.6 Å². The third-order valence-corrected chi connectivity index (χ3v) is 2.31. The van der Waals surface area contributed by atoms with E-state index in [0.717, 1.165) is 12.8 Å². The summed E-state index contributed by atoms with van der Waals surface area (Å²) in [6.45, 7) is 4.97. The van der Waals surface area contributed by atoms with E-state index in [0.29, 0.717) is 12.5 Å². The summed E-state index contributed by atoms with van der Waals surface area (Å²) in [6, 6.07) is 0. The van der Waals surface area contributed by atoms with Crippen molar-refractivity contribution in [3.63, 3.8) is 0 Å². The SMILES string of the molecule is CC(C)CCCN/C(=N/S(N)(=O)=O)N(C)C. The van der Waals surface area contributed by atoms with Gasteiger partial charge in [0.15, 0.2) is 0 Å². The van der Waals surface area contributed by atoms with Crippen LogP contribution in [0.5, 0.6) is 0 Å². The van der Waals surface area contributed by atoms with Gasteiger partial charge in [-0.15, -0.1) is 4.40 Å². The molecule has 0 amide bonds. The lowest BCUT2D eigenvalue weighted by Gasteiger charge is -2.16. The van der Waals surface area contributed by atoms with Crippen LogP contribution in [0.1, 0.15) is 26.7 Å². The Labute approximate surface area is 98.1 Å². The second-order valence-corrected chi connectivity index (χ2v) is 5.50. The van der Waals surface area contributed by atoms with Crippen molar-refractivity contribution < 1.29 is 8.42 Å². The van der Waals surface area contributed by atoms with Gasteiger partial charge in [-0.2, -0.15) is 8.42 Å². The smallest absolute Gasteiger partial charge is 0.320 e. The zero-order valence-corrected chi connectivity index (χ0v) is 11.2. The maximum atomic E-state index is 10.8. The molecule has 0 aliphatic heterocycles. The summed E-state index contributed by atoms with van der Waals surface area (Å²) in [6.07, 6.45) is 2.05. The summed E-state index contributed by atoms with van der Waals surface area (Å²) in [7, 11) is -0.422. The molecule has 0 heterocycles. The van der Waals surface area contributed by atoms with Crippen molar-refractivity contribution in [2.45, 2.75) is 26.7 Å². The fraction of sp³-hybridized carbons (Fsp3) is 0.889. The van der Waals surface area contributed by atoms with Gasteiger partial charge in [0.05, 0.1) is 0 Å². The van der Waals surface area contributed by atoms with Gasteiger partial charge in [0.2, 0.25) is 5.96 Å². The first kappa shape index (κ1) is 15.2. The first-order valence-corrected chi connectivity index (χ1v) is 6.76. The monoisotopic (exact) mass is 250 g/mol. The molecule has 0 aromatic carbocycles. The minimum absolute atomic E-state index is 0.270. The first-order chi connectivity index (χ1) is 7.22. The van der Waals surface area contributed by atoms with E-state index in [4.69, 9.17) is 5.14 Å². The van der Waals surface area contributed by atoms with Crippen molar-refractivity contribution in [3.05, 3.63) is 0 Å². The fourth-order valence-corrected chi connectivity index (χ4v) is 1.57. The Morgan fingerprint density at radius 3 is 2.38 bits per heavy atom. The fourth-order valence-electron chi connectivity index (χ4n) is 1.10. The predicted molar refractivity (Wildman–Crippen MR) is 66.3 cm³/mol. The molecule has 6 nitrogen and oxygen atoms in total. The molecule has 0 aromatic heterocycles. The van der Waals surface area contributed by atoms with Gasteiger partial charge < -0.3 is 10.2 Å². The highest BCUT2D eigenvalue weighted by molar-refractivity contribution is 7.88. The first-order valence-electron chi connectivity index (χ1n) is 5.26. The van der Waals surface area contributed by atoms with Crippen molar-refractivity contribution in [1.82, 2.24) is 10.2 Å². The molecule has 0 fully saturated rings. The van der Waals surface area contributed by atoms with E-state index in [1.807, 2.05) is 0 Å². The quantitative estimate of drug-likeness (QED) is 0.412. The van der Waals surface area contributed by atoms with Crippen LogP contribution in [0.2, 0.25) is 0 Å². The van der Waals surface area contributed by atoms with Crippen LogP contribution in [0, 0.1) is 5.92 Å². The summed E-state index contributed by atoms with van der Waals surface area (Å²) in [5, 5.41) is 7.79. The van der Waals surface area contributed by atoms with Crippen molar-refractivity contribution in [1.29, 1.82) is 0 Å². The van der Waals surface area contributed by atoms with Crippen molar-refractivity contribution >= 4 is 16.2 Å². The molecule has 0 aromatic rings. The second-order valence-electron chi connectivity index (χ2n) is 4.29. The number of nitrogens with two attached hydrogens (primary N) is 1. The maximum Gasteiger partial charge on any atom is 0.320 e. The van der Waals surface area contributed by atoms with Gasteiger partial charge in [-0.3, -0.25) is 0 Å². The molecule has 96 valence electrons. The summed E-state index contributed by atoms with van der Waals surface area (Å²) < 4.78 is 25.0. The molecule has 0 unspecified atom stereocenters. The lowest BCUT2D eigenvalue weighted by atomic mass is 10.1. The van der Waals surface area contributed by atoms with Crippen molar-refractivity contribution in [2.24, 2.45) is 15.5 Å². The molecule has 0 spiro atoms. The molecule has 0 saturated heterocycles. The summed E-state index contributed by atoms with van der Waals surface area (Å²) in [4.78, 5) is 1.58. The van der Waals surface area contributed by atoms with E-state index in [-0.39, 0.29) is 5.96 Å². The molecule has 0 atom stereocenters. The third-order valence-electron chi connectivity index (χ3n) is 1.88. The summed E-state index contributed by atoms with van der Waals surface area (Å²) >= 11 is 0. The predicted octanol–water partition coefficient (Wildman–Crippen LogP) is 0.133. The highest BCUT2D eigenvalue weighted by Crippen LogP contribution is 2.01. The highest BCUT2D eigenvalue weighted by Gasteiger charge is 2.06. The van der Waals surface area contributed by atoms with Crippen LogP contribution in [0.15, 0.2) is 4.40 Å². The zero-order chi connectivity index (χ0) is 12.8. The van der Waals surface area contributed by atoms with Crippen LogP contribution in [0.4, 0.5) is 0 Å². The molecule has 0 aliphatic carbocycles. The Bertz CT molecular complexity index is 322. The van der Waals surface area contributed by atoms with Crippen LogP contribution in [-0.2, 0) is 10.2 Å². The lowest BCUT2D eigenvalue weighted by molar-refractivity contribution is 0.532. The second kappa shape index (κ2) is 6.70. The largest absolute Gasteiger partial charge is 0.355 e. The Balaban J connectivity index is 4.22. The number of hydrogen-bond donors (Lipinski definition) is 2. The van der Waals surface area contributed by atoms with Gasteiger partial charge in [-0.05, 0) is 18.8 Å². The van der Waals surface area contributed by atoms with Gasteiger partial charge in [-0.1, -0.05) is 13.8 Å². The Morgan fingerprint density at radius 2 is 2.00 bits per heavy atom. The van der Waals surface area contributed by atoms with Crippen LogP contribution in [0.3, 0.4) is 0 Å². The van der Waals surface area contributed by atoms with Gasteiger partial charge >= 0.3 is 10.2 Å². The van der Waals surface area contributed by atoms with Gasteiger partial charge in [0.25, 0.3) is 0 Å². The molecule has 0 saturated carbocycles. The molecule has 16 heavy (non-hydrogen) atoms. The van der Waals surface area contributed by atoms with Crippen LogP contribution in [-0.4, -0.2) is 39.9 Å². The van der Waals surface area contributed by atoms with Gasteiger partial charge in [0, 0.05) is 20.6 Å².